The first-order valence-corrected chi connectivity index (χ1v) is 11.9. The van der Waals surface area contributed by atoms with Gasteiger partial charge in [0.2, 0.25) is 0 Å². The number of anilines is 3. The summed E-state index contributed by atoms with van der Waals surface area (Å²) in [6.45, 7) is 2.86. The lowest BCUT2D eigenvalue weighted by Crippen LogP contribution is -2.36. The Morgan fingerprint density at radius 3 is 2.35 bits per heavy atom. The zero-order valence-corrected chi connectivity index (χ0v) is 20.5. The third kappa shape index (κ3) is 5.51. The number of nitrogen functional groups attached to an aromatic ring is 1. The first-order chi connectivity index (χ1) is 19.0. The van der Waals surface area contributed by atoms with Gasteiger partial charge in [0, 0.05) is 36.8 Å². The summed E-state index contributed by atoms with van der Waals surface area (Å²) < 4.78 is 90.0. The van der Waals surface area contributed by atoms with Crippen LogP contribution < -0.4 is 16.4 Å². The first kappa shape index (κ1) is 27.2. The molecule has 0 atom stereocenters. The van der Waals surface area contributed by atoms with Gasteiger partial charge < -0.3 is 21.1 Å². The number of nitrogens with one attached hydrogen (secondary N) is 2. The number of hydrogen-bond donors (Lipinski definition) is 3. The minimum absolute atomic E-state index is 0.0303. The van der Waals surface area contributed by atoms with Gasteiger partial charge in [-0.15, -0.1) is 0 Å². The van der Waals surface area contributed by atoms with Crippen molar-refractivity contribution in [3.63, 3.8) is 0 Å². The quantitative estimate of drug-likeness (QED) is 0.298. The molecule has 0 unspecified atom stereocenters. The number of hydrogen-bond acceptors (Lipinski definition) is 6. The van der Waals surface area contributed by atoms with Crippen molar-refractivity contribution >= 4 is 28.7 Å². The molecule has 15 heteroatoms. The predicted octanol–water partition coefficient (Wildman–Crippen LogP) is 4.89. The van der Waals surface area contributed by atoms with Crippen LogP contribution in [-0.4, -0.2) is 51.8 Å². The smallest absolute Gasteiger partial charge is 0.382 e. The third-order valence-corrected chi connectivity index (χ3v) is 6.28. The molecule has 1 aliphatic heterocycles. The van der Waals surface area contributed by atoms with Crippen LogP contribution in [0.1, 0.15) is 11.3 Å². The van der Waals surface area contributed by atoms with E-state index in [1.54, 1.807) is 6.07 Å². The Morgan fingerprint density at radius 1 is 0.950 bits per heavy atom. The summed E-state index contributed by atoms with van der Waals surface area (Å²) in [4.78, 5) is 18.4. The second kappa shape index (κ2) is 10.7. The van der Waals surface area contributed by atoms with Gasteiger partial charge in [-0.2, -0.15) is 18.3 Å². The summed E-state index contributed by atoms with van der Waals surface area (Å²) in [5.41, 5.74) is 4.33. The van der Waals surface area contributed by atoms with E-state index in [4.69, 9.17) is 10.5 Å². The first-order valence-electron chi connectivity index (χ1n) is 11.9. The SMILES string of the molecule is Nc1ncnn2c(CN3CCOCC3)cc(-c3cc(F)c(NC(=O)Nc4cc(C(F)(F)F)ccc4F)cc3F)c12. The van der Waals surface area contributed by atoms with Gasteiger partial charge in [-0.3, -0.25) is 4.90 Å². The van der Waals surface area contributed by atoms with Gasteiger partial charge in [-0.25, -0.2) is 27.5 Å². The Bertz CT molecular complexity index is 1580. The molecule has 2 amide bonds. The topological polar surface area (TPSA) is 110 Å². The largest absolute Gasteiger partial charge is 0.416 e. The number of urea groups is 1. The summed E-state index contributed by atoms with van der Waals surface area (Å²) in [5, 5.41) is 8.08. The van der Waals surface area contributed by atoms with E-state index in [0.717, 1.165) is 6.07 Å². The predicted molar refractivity (Wildman–Crippen MR) is 133 cm³/mol. The van der Waals surface area contributed by atoms with Crippen LogP contribution in [0.25, 0.3) is 16.6 Å². The van der Waals surface area contributed by atoms with Crippen LogP contribution in [-0.2, 0) is 17.5 Å². The summed E-state index contributed by atoms with van der Waals surface area (Å²) in [6, 6.07) is 3.26. The molecule has 5 rings (SSSR count). The monoisotopic (exact) mass is 565 g/mol. The number of fused-ring (bicyclic) bond motifs is 1. The molecule has 9 nitrogen and oxygen atoms in total. The van der Waals surface area contributed by atoms with Gasteiger partial charge in [0.1, 0.15) is 29.3 Å². The molecule has 2 aromatic carbocycles. The minimum Gasteiger partial charge on any atom is -0.382 e. The van der Waals surface area contributed by atoms with E-state index in [9.17, 15) is 22.4 Å². The fourth-order valence-electron chi connectivity index (χ4n) is 4.36. The number of ether oxygens (including phenoxy) is 1. The van der Waals surface area contributed by atoms with E-state index >= 15 is 8.78 Å². The van der Waals surface area contributed by atoms with Gasteiger partial charge in [0.25, 0.3) is 0 Å². The maximum atomic E-state index is 15.3. The van der Waals surface area contributed by atoms with Gasteiger partial charge in [0.15, 0.2) is 5.82 Å². The van der Waals surface area contributed by atoms with Crippen molar-refractivity contribution in [1.82, 2.24) is 19.5 Å². The number of halogens is 6. The molecule has 0 spiro atoms. The van der Waals surface area contributed by atoms with E-state index in [2.05, 4.69) is 15.0 Å². The Hall–Kier alpha value is -4.37. The van der Waals surface area contributed by atoms with Crippen molar-refractivity contribution in [3.05, 3.63) is 71.4 Å². The molecule has 1 fully saturated rings. The fourth-order valence-corrected chi connectivity index (χ4v) is 4.36. The van der Waals surface area contributed by atoms with E-state index in [-0.39, 0.29) is 22.5 Å². The van der Waals surface area contributed by atoms with Crippen LogP contribution in [0, 0.1) is 17.5 Å². The maximum absolute atomic E-state index is 15.3. The average Bonchev–Trinajstić information content (AvgIpc) is 3.26. The lowest BCUT2D eigenvalue weighted by atomic mass is 10.0. The molecule has 4 aromatic rings. The van der Waals surface area contributed by atoms with Gasteiger partial charge in [-0.1, -0.05) is 0 Å². The molecule has 3 heterocycles. The lowest BCUT2D eigenvalue weighted by Gasteiger charge is -2.26. The van der Waals surface area contributed by atoms with Crippen molar-refractivity contribution in [2.45, 2.75) is 12.7 Å². The molecule has 0 saturated carbocycles. The molecule has 1 aliphatic rings. The Balaban J connectivity index is 1.43. The number of amides is 2. The zero-order chi connectivity index (χ0) is 28.6. The Labute approximate surface area is 222 Å². The molecule has 40 heavy (non-hydrogen) atoms. The number of carbonyl (C=O) groups excluding carboxylic acids is 1. The Morgan fingerprint density at radius 2 is 1.65 bits per heavy atom. The fraction of sp³-hybridized carbons (Fsp3) is 0.240. The molecular formula is C25H21F6N7O2. The van der Waals surface area contributed by atoms with Crippen LogP contribution in [0.2, 0.25) is 0 Å². The van der Waals surface area contributed by atoms with Crippen molar-refractivity contribution in [1.29, 1.82) is 0 Å². The molecule has 1 saturated heterocycles. The minimum atomic E-state index is -4.79. The number of benzene rings is 2. The second-order valence-electron chi connectivity index (χ2n) is 8.93. The summed E-state index contributed by atoms with van der Waals surface area (Å²) >= 11 is 0. The molecular weight excluding hydrogens is 544 g/mol. The lowest BCUT2D eigenvalue weighted by molar-refractivity contribution is -0.137. The highest BCUT2D eigenvalue weighted by Crippen LogP contribution is 2.35. The van der Waals surface area contributed by atoms with Gasteiger partial charge in [0.05, 0.1) is 35.8 Å². The second-order valence-corrected chi connectivity index (χ2v) is 8.93. The number of nitrogens with two attached hydrogens (primary N) is 1. The van der Waals surface area contributed by atoms with Gasteiger partial charge >= 0.3 is 12.2 Å². The highest BCUT2D eigenvalue weighted by atomic mass is 19.4. The molecule has 0 radical (unpaired) electrons. The zero-order valence-electron chi connectivity index (χ0n) is 20.5. The maximum Gasteiger partial charge on any atom is 0.416 e. The van der Waals surface area contributed by atoms with Crippen LogP contribution >= 0.6 is 0 Å². The van der Waals surface area contributed by atoms with E-state index in [1.807, 2.05) is 10.6 Å². The number of morpholine rings is 1. The average molecular weight is 565 g/mol. The van der Waals surface area contributed by atoms with Crippen LogP contribution in [0.15, 0.2) is 42.7 Å². The molecule has 0 aliphatic carbocycles. The number of carbonyl (C=O) groups is 1. The van der Waals surface area contributed by atoms with Crippen LogP contribution in [0.3, 0.4) is 0 Å². The van der Waals surface area contributed by atoms with Crippen molar-refractivity contribution in [2.75, 3.05) is 42.7 Å². The normalized spacial score (nSPS) is 14.4. The number of nitrogens with zero attached hydrogens (tertiary/aromatic N) is 4. The highest BCUT2D eigenvalue weighted by molar-refractivity contribution is 6.00. The molecule has 0 bridgehead atoms. The molecule has 210 valence electrons. The van der Waals surface area contributed by atoms with Crippen molar-refractivity contribution in [2.24, 2.45) is 0 Å². The Kier molecular flexibility index (Phi) is 7.25. The summed E-state index contributed by atoms with van der Waals surface area (Å²) in [5.74, 6) is -3.14. The summed E-state index contributed by atoms with van der Waals surface area (Å²) in [6.07, 6.45) is -3.55. The van der Waals surface area contributed by atoms with Crippen molar-refractivity contribution in [3.8, 4) is 11.1 Å². The van der Waals surface area contributed by atoms with E-state index < -0.39 is 46.6 Å². The number of alkyl halides is 3. The number of aromatic nitrogens is 3. The van der Waals surface area contributed by atoms with Crippen LogP contribution in [0.4, 0.5) is 48.3 Å². The van der Waals surface area contributed by atoms with E-state index in [0.29, 0.717) is 62.8 Å². The summed E-state index contributed by atoms with van der Waals surface area (Å²) in [7, 11) is 0. The standard InChI is InChI=1S/C25H21F6N7O2/c26-17-2-1-13(25(29,30)31)7-20(17)35-24(39)36-21-10-18(27)15(9-19(21)28)16-8-14(11-37-3-5-40-6-4-37)38-22(16)23(32)33-12-34-38/h1-2,7-10,12H,3-6,11H2,(H2,32,33,34)(H2,35,36,39). The number of rotatable bonds is 5. The molecule has 4 N–H and O–H groups in total. The van der Waals surface area contributed by atoms with Crippen LogP contribution in [0.5, 0.6) is 0 Å². The van der Waals surface area contributed by atoms with Gasteiger partial charge in [-0.05, 0) is 30.3 Å². The van der Waals surface area contributed by atoms with Crippen molar-refractivity contribution < 1.29 is 35.9 Å². The highest BCUT2D eigenvalue weighted by Gasteiger charge is 2.31. The van der Waals surface area contributed by atoms with E-state index in [1.165, 1.54) is 10.8 Å². The molecule has 2 aromatic heterocycles. The third-order valence-electron chi connectivity index (χ3n) is 6.28.